The van der Waals surface area contributed by atoms with E-state index in [2.05, 4.69) is 16.4 Å². The first kappa shape index (κ1) is 10.8. The molecule has 4 nitrogen and oxygen atoms in total. The number of thiazole rings is 1. The molecule has 1 aromatic carbocycles. The second-order valence-electron chi connectivity index (χ2n) is 3.87. The van der Waals surface area contributed by atoms with Crippen molar-refractivity contribution in [1.82, 2.24) is 9.38 Å². The van der Waals surface area contributed by atoms with Crippen molar-refractivity contribution in [2.45, 2.75) is 6.54 Å². The Morgan fingerprint density at radius 1 is 1.33 bits per heavy atom. The lowest BCUT2D eigenvalue weighted by Crippen LogP contribution is -1.99. The van der Waals surface area contributed by atoms with Gasteiger partial charge in [-0.2, -0.15) is 5.26 Å². The highest BCUT2D eigenvalue weighted by Crippen LogP contribution is 2.13. The van der Waals surface area contributed by atoms with Crippen LogP contribution >= 0.6 is 11.3 Å². The van der Waals surface area contributed by atoms with Crippen molar-refractivity contribution < 1.29 is 0 Å². The smallest absolute Gasteiger partial charge is 0.193 e. The molecule has 2 heterocycles. The number of nitriles is 1. The second kappa shape index (κ2) is 4.51. The van der Waals surface area contributed by atoms with Crippen molar-refractivity contribution >= 4 is 22.0 Å². The summed E-state index contributed by atoms with van der Waals surface area (Å²) in [5.74, 6) is 0. The van der Waals surface area contributed by atoms with E-state index in [0.717, 1.165) is 16.3 Å². The number of hydrogen-bond acceptors (Lipinski definition) is 4. The van der Waals surface area contributed by atoms with Crippen molar-refractivity contribution in [3.05, 3.63) is 53.3 Å². The van der Waals surface area contributed by atoms with Gasteiger partial charge < -0.3 is 5.32 Å². The fourth-order valence-corrected chi connectivity index (χ4v) is 2.44. The number of nitrogens with one attached hydrogen (secondary N) is 1. The molecular weight excluding hydrogens is 244 g/mol. The molecule has 0 bridgehead atoms. The number of benzene rings is 1. The van der Waals surface area contributed by atoms with Crippen LogP contribution in [-0.4, -0.2) is 9.38 Å². The Balaban J connectivity index is 1.70. The van der Waals surface area contributed by atoms with E-state index in [4.69, 9.17) is 5.26 Å². The van der Waals surface area contributed by atoms with Crippen molar-refractivity contribution in [3.63, 3.8) is 0 Å². The van der Waals surface area contributed by atoms with E-state index in [0.29, 0.717) is 12.1 Å². The van der Waals surface area contributed by atoms with Gasteiger partial charge >= 0.3 is 0 Å². The average Bonchev–Trinajstić information content (AvgIpc) is 2.97. The number of fused-ring (bicyclic) bond motifs is 1. The molecule has 3 rings (SSSR count). The summed E-state index contributed by atoms with van der Waals surface area (Å²) in [6, 6.07) is 9.50. The Hall–Kier alpha value is -2.32. The van der Waals surface area contributed by atoms with E-state index in [1.165, 1.54) is 0 Å². The highest BCUT2D eigenvalue weighted by Gasteiger charge is 2.02. The first-order chi connectivity index (χ1) is 8.85. The minimum atomic E-state index is 0.669. The minimum absolute atomic E-state index is 0.669. The number of nitrogens with zero attached hydrogens (tertiary/aromatic N) is 3. The van der Waals surface area contributed by atoms with Gasteiger partial charge in [-0.05, 0) is 24.3 Å². The van der Waals surface area contributed by atoms with E-state index in [1.807, 2.05) is 34.3 Å². The van der Waals surface area contributed by atoms with Crippen molar-refractivity contribution in [2.24, 2.45) is 0 Å². The average molecular weight is 254 g/mol. The maximum Gasteiger partial charge on any atom is 0.193 e. The third-order valence-corrected chi connectivity index (χ3v) is 3.40. The molecule has 0 saturated heterocycles. The summed E-state index contributed by atoms with van der Waals surface area (Å²) in [5, 5.41) is 14.0. The number of anilines is 1. The predicted octanol–water partition coefficient (Wildman–Crippen LogP) is 2.88. The summed E-state index contributed by atoms with van der Waals surface area (Å²) in [6.07, 6.45) is 4.01. The molecule has 0 spiro atoms. The van der Waals surface area contributed by atoms with Gasteiger partial charge in [-0.15, -0.1) is 11.3 Å². The lowest BCUT2D eigenvalue weighted by atomic mass is 10.2. The Morgan fingerprint density at radius 2 is 2.17 bits per heavy atom. The highest BCUT2D eigenvalue weighted by atomic mass is 32.1. The van der Waals surface area contributed by atoms with Crippen molar-refractivity contribution in [2.75, 3.05) is 5.32 Å². The van der Waals surface area contributed by atoms with E-state index in [1.54, 1.807) is 23.5 Å². The number of hydrogen-bond donors (Lipinski definition) is 1. The molecule has 0 atom stereocenters. The van der Waals surface area contributed by atoms with Gasteiger partial charge in [0, 0.05) is 23.5 Å². The third kappa shape index (κ3) is 2.06. The summed E-state index contributed by atoms with van der Waals surface area (Å²) in [4.78, 5) is 5.49. The summed E-state index contributed by atoms with van der Waals surface area (Å²) in [5.41, 5.74) is 2.67. The zero-order chi connectivity index (χ0) is 12.4. The minimum Gasteiger partial charge on any atom is -0.379 e. The topological polar surface area (TPSA) is 53.1 Å². The molecular formula is C13H10N4S. The molecule has 0 fully saturated rings. The van der Waals surface area contributed by atoms with E-state index >= 15 is 0 Å². The van der Waals surface area contributed by atoms with Crippen molar-refractivity contribution in [3.8, 4) is 6.07 Å². The van der Waals surface area contributed by atoms with E-state index < -0.39 is 0 Å². The van der Waals surface area contributed by atoms with Gasteiger partial charge in [0.2, 0.25) is 0 Å². The summed E-state index contributed by atoms with van der Waals surface area (Å²) in [6.45, 7) is 0.681. The molecule has 0 aliphatic carbocycles. The fraction of sp³-hybridized carbons (Fsp3) is 0.0769. The number of aromatic nitrogens is 2. The van der Waals surface area contributed by atoms with Crippen LogP contribution in [0.4, 0.5) is 5.69 Å². The monoisotopic (exact) mass is 254 g/mol. The molecule has 0 radical (unpaired) electrons. The molecule has 0 saturated carbocycles. The molecule has 2 aromatic heterocycles. The standard InChI is InChI=1S/C13H10N4S/c14-7-10-1-3-11(4-2-10)15-8-12-9-17-5-6-18-13(17)16-12/h1-6,9,15H,8H2. The summed E-state index contributed by atoms with van der Waals surface area (Å²) >= 11 is 1.62. The molecule has 0 amide bonds. The van der Waals surface area contributed by atoms with Crippen LogP contribution in [0.25, 0.3) is 4.96 Å². The second-order valence-corrected chi connectivity index (χ2v) is 4.74. The van der Waals surface area contributed by atoms with Crippen LogP contribution in [0, 0.1) is 11.3 Å². The maximum atomic E-state index is 8.71. The molecule has 88 valence electrons. The van der Waals surface area contributed by atoms with Crippen LogP contribution in [-0.2, 0) is 6.54 Å². The van der Waals surface area contributed by atoms with E-state index in [9.17, 15) is 0 Å². The predicted molar refractivity (Wildman–Crippen MR) is 71.6 cm³/mol. The van der Waals surface area contributed by atoms with Crippen LogP contribution in [0.3, 0.4) is 0 Å². The van der Waals surface area contributed by atoms with Gasteiger partial charge in [0.1, 0.15) is 0 Å². The van der Waals surface area contributed by atoms with Gasteiger partial charge in [0.15, 0.2) is 4.96 Å². The van der Waals surface area contributed by atoms with Gasteiger partial charge in [0.05, 0.1) is 23.9 Å². The molecule has 0 aliphatic rings. The first-order valence-electron chi connectivity index (χ1n) is 5.50. The SMILES string of the molecule is N#Cc1ccc(NCc2cn3ccsc3n2)cc1. The zero-order valence-electron chi connectivity index (χ0n) is 9.50. The first-order valence-corrected chi connectivity index (χ1v) is 6.38. The number of imidazole rings is 1. The molecule has 5 heteroatoms. The molecule has 0 unspecified atom stereocenters. The Morgan fingerprint density at radius 3 is 2.89 bits per heavy atom. The number of rotatable bonds is 3. The van der Waals surface area contributed by atoms with Gasteiger partial charge in [-0.3, -0.25) is 4.40 Å². The Kier molecular flexibility index (Phi) is 2.71. The quantitative estimate of drug-likeness (QED) is 0.782. The summed E-state index contributed by atoms with van der Waals surface area (Å²) in [7, 11) is 0. The van der Waals surface area contributed by atoms with E-state index in [-0.39, 0.29) is 0 Å². The largest absolute Gasteiger partial charge is 0.379 e. The maximum absolute atomic E-state index is 8.71. The molecule has 3 aromatic rings. The Labute approximate surface area is 108 Å². The van der Waals surface area contributed by atoms with Crippen LogP contribution < -0.4 is 5.32 Å². The molecule has 1 N–H and O–H groups in total. The van der Waals surface area contributed by atoms with Gasteiger partial charge in [-0.25, -0.2) is 4.98 Å². The zero-order valence-corrected chi connectivity index (χ0v) is 10.3. The summed E-state index contributed by atoms with van der Waals surface area (Å²) < 4.78 is 2.01. The van der Waals surface area contributed by atoms with Crippen LogP contribution in [0.1, 0.15) is 11.3 Å². The lowest BCUT2D eigenvalue weighted by molar-refractivity contribution is 1.08. The van der Waals surface area contributed by atoms with Crippen LogP contribution in [0.2, 0.25) is 0 Å². The molecule has 18 heavy (non-hydrogen) atoms. The fourth-order valence-electron chi connectivity index (χ4n) is 1.72. The lowest BCUT2D eigenvalue weighted by Gasteiger charge is -2.03. The molecule has 0 aliphatic heterocycles. The van der Waals surface area contributed by atoms with Gasteiger partial charge in [0.25, 0.3) is 0 Å². The van der Waals surface area contributed by atoms with Gasteiger partial charge in [-0.1, -0.05) is 0 Å². The van der Waals surface area contributed by atoms with Crippen molar-refractivity contribution in [1.29, 1.82) is 5.26 Å². The van der Waals surface area contributed by atoms with Crippen LogP contribution in [0.5, 0.6) is 0 Å². The Bertz CT molecular complexity index is 674. The van der Waals surface area contributed by atoms with Crippen LogP contribution in [0.15, 0.2) is 42.0 Å². The normalized spacial score (nSPS) is 10.4. The third-order valence-electron chi connectivity index (χ3n) is 2.63. The highest BCUT2D eigenvalue weighted by molar-refractivity contribution is 7.15.